The lowest BCUT2D eigenvalue weighted by atomic mass is 10.0. The van der Waals surface area contributed by atoms with Crippen molar-refractivity contribution in [2.75, 3.05) is 11.5 Å². The molecule has 0 aliphatic heterocycles. The molecule has 0 unspecified atom stereocenters. The van der Waals surface area contributed by atoms with E-state index in [-0.39, 0.29) is 0 Å². The maximum absolute atomic E-state index is 6.05. The lowest BCUT2D eigenvalue weighted by molar-refractivity contribution is 1.24. The summed E-state index contributed by atoms with van der Waals surface area (Å²) >= 11 is 1.56. The summed E-state index contributed by atoms with van der Waals surface area (Å²) in [6.07, 6.45) is 5.64. The number of nitrogens with two attached hydrogens (primary N) is 2. The van der Waals surface area contributed by atoms with Crippen LogP contribution in [0.3, 0.4) is 0 Å². The van der Waals surface area contributed by atoms with Crippen LogP contribution in [0.25, 0.3) is 33.1 Å². The van der Waals surface area contributed by atoms with Gasteiger partial charge in [0.05, 0.1) is 10.2 Å². The molecule has 4 aromatic rings. The Kier molecular flexibility index (Phi) is 3.20. The predicted molar refractivity (Wildman–Crippen MR) is 99.1 cm³/mol. The lowest BCUT2D eigenvalue weighted by Gasteiger charge is -2.05. The highest BCUT2D eigenvalue weighted by Gasteiger charge is 2.07. The zero-order valence-electron chi connectivity index (χ0n) is 12.2. The fourth-order valence-corrected chi connectivity index (χ4v) is 3.57. The Morgan fingerprint density at radius 1 is 0.870 bits per heavy atom. The molecule has 0 fully saturated rings. The summed E-state index contributed by atoms with van der Waals surface area (Å²) in [5.74, 6) is 0.526. The van der Waals surface area contributed by atoms with Crippen LogP contribution in [0.5, 0.6) is 0 Å². The maximum Gasteiger partial charge on any atom is 0.144 e. The fourth-order valence-electron chi connectivity index (χ4n) is 2.68. The molecule has 0 spiro atoms. The Bertz CT molecular complexity index is 1050. The van der Waals surface area contributed by atoms with Gasteiger partial charge in [-0.1, -0.05) is 42.5 Å². The molecule has 0 amide bonds. The van der Waals surface area contributed by atoms with Gasteiger partial charge in [0.2, 0.25) is 0 Å². The monoisotopic (exact) mass is 318 g/mol. The number of nitrogen functional groups attached to an aromatic ring is 2. The minimum atomic E-state index is 0.526. The summed E-state index contributed by atoms with van der Waals surface area (Å²) in [6.45, 7) is 0. The van der Waals surface area contributed by atoms with Gasteiger partial charge in [-0.15, -0.1) is 11.3 Å². The summed E-state index contributed by atoms with van der Waals surface area (Å²) in [6, 6.07) is 12.1. The number of thiophene rings is 1. The first kappa shape index (κ1) is 13.7. The normalized spacial score (nSPS) is 11.7. The third kappa shape index (κ3) is 2.31. The molecule has 5 heteroatoms. The van der Waals surface area contributed by atoms with E-state index in [0.717, 1.165) is 37.8 Å². The number of hydrogen-bond donors (Lipinski definition) is 2. The Morgan fingerprint density at radius 2 is 1.65 bits per heavy atom. The van der Waals surface area contributed by atoms with Crippen molar-refractivity contribution in [3.8, 4) is 0 Å². The van der Waals surface area contributed by atoms with E-state index in [0.29, 0.717) is 5.82 Å². The summed E-state index contributed by atoms with van der Waals surface area (Å²) in [7, 11) is 0. The molecule has 2 heterocycles. The van der Waals surface area contributed by atoms with Gasteiger partial charge in [0.15, 0.2) is 0 Å². The molecule has 4 N–H and O–H groups in total. The highest BCUT2D eigenvalue weighted by atomic mass is 32.1. The van der Waals surface area contributed by atoms with Crippen LogP contribution in [0.2, 0.25) is 0 Å². The minimum absolute atomic E-state index is 0.526. The summed E-state index contributed by atoms with van der Waals surface area (Å²) in [4.78, 5) is 8.37. The van der Waals surface area contributed by atoms with Crippen LogP contribution >= 0.6 is 11.3 Å². The lowest BCUT2D eigenvalue weighted by Crippen LogP contribution is -1.90. The second-order valence-electron chi connectivity index (χ2n) is 5.25. The molecular weight excluding hydrogens is 304 g/mol. The third-order valence-electron chi connectivity index (χ3n) is 3.84. The summed E-state index contributed by atoms with van der Waals surface area (Å²) in [5, 5.41) is 4.25. The number of rotatable bonds is 2. The van der Waals surface area contributed by atoms with Crippen molar-refractivity contribution in [3.05, 3.63) is 59.2 Å². The van der Waals surface area contributed by atoms with Crippen LogP contribution in [0.4, 0.5) is 11.5 Å². The number of benzene rings is 2. The van der Waals surface area contributed by atoms with Crippen molar-refractivity contribution >= 4 is 56.0 Å². The Morgan fingerprint density at radius 3 is 2.52 bits per heavy atom. The zero-order chi connectivity index (χ0) is 15.8. The number of nitrogens with zero attached hydrogens (tertiary/aromatic N) is 2. The quantitative estimate of drug-likeness (QED) is 0.543. The zero-order valence-corrected chi connectivity index (χ0v) is 13.0. The number of hydrogen-bond acceptors (Lipinski definition) is 5. The van der Waals surface area contributed by atoms with E-state index in [1.54, 1.807) is 11.3 Å². The molecule has 4 rings (SSSR count). The maximum atomic E-state index is 6.05. The smallest absolute Gasteiger partial charge is 0.144 e. The first-order valence-corrected chi connectivity index (χ1v) is 8.05. The van der Waals surface area contributed by atoms with Crippen molar-refractivity contribution in [3.63, 3.8) is 0 Å². The SMILES string of the molecule is Nc1ccc(/C=C/c2csc3c(N)ncnc23)c2ccccc12. The van der Waals surface area contributed by atoms with Gasteiger partial charge in [-0.25, -0.2) is 9.97 Å². The van der Waals surface area contributed by atoms with Gasteiger partial charge >= 0.3 is 0 Å². The van der Waals surface area contributed by atoms with Crippen LogP contribution in [0.1, 0.15) is 11.1 Å². The van der Waals surface area contributed by atoms with Gasteiger partial charge < -0.3 is 11.5 Å². The van der Waals surface area contributed by atoms with E-state index in [9.17, 15) is 0 Å². The molecule has 0 bridgehead atoms. The molecule has 0 aliphatic carbocycles. The van der Waals surface area contributed by atoms with Gasteiger partial charge in [0.1, 0.15) is 12.1 Å². The molecule has 0 radical (unpaired) electrons. The van der Waals surface area contributed by atoms with Crippen molar-refractivity contribution in [1.29, 1.82) is 0 Å². The molecule has 112 valence electrons. The first-order chi connectivity index (χ1) is 11.2. The van der Waals surface area contributed by atoms with Crippen LogP contribution < -0.4 is 11.5 Å². The van der Waals surface area contributed by atoms with Crippen molar-refractivity contribution in [2.45, 2.75) is 0 Å². The van der Waals surface area contributed by atoms with Crippen LogP contribution in [-0.2, 0) is 0 Å². The molecule has 0 saturated heterocycles. The van der Waals surface area contributed by atoms with E-state index in [1.807, 2.05) is 35.7 Å². The van der Waals surface area contributed by atoms with Gasteiger partial charge in [-0.2, -0.15) is 0 Å². The topological polar surface area (TPSA) is 77.8 Å². The molecular formula is C18H14N4S. The summed E-state index contributed by atoms with van der Waals surface area (Å²) < 4.78 is 0.925. The van der Waals surface area contributed by atoms with E-state index >= 15 is 0 Å². The Labute approximate surface area is 137 Å². The van der Waals surface area contributed by atoms with Crippen molar-refractivity contribution < 1.29 is 0 Å². The minimum Gasteiger partial charge on any atom is -0.398 e. The van der Waals surface area contributed by atoms with Crippen LogP contribution in [0.15, 0.2) is 48.1 Å². The van der Waals surface area contributed by atoms with Gasteiger partial charge in [-0.3, -0.25) is 0 Å². The molecule has 4 nitrogen and oxygen atoms in total. The standard InChI is InChI=1S/C18H14N4S/c19-15-8-7-11(13-3-1-2-4-14(13)15)5-6-12-9-23-17-16(12)21-10-22-18(17)20/h1-10H,19H2,(H2,20,21,22)/b6-5+. The van der Waals surface area contributed by atoms with Gasteiger partial charge in [0.25, 0.3) is 0 Å². The van der Waals surface area contributed by atoms with Gasteiger partial charge in [-0.05, 0) is 17.0 Å². The van der Waals surface area contributed by atoms with Crippen molar-refractivity contribution in [2.24, 2.45) is 0 Å². The summed E-state index contributed by atoms with van der Waals surface area (Å²) in [5.41, 5.74) is 15.8. The molecule has 0 atom stereocenters. The van der Waals surface area contributed by atoms with Gasteiger partial charge in [0, 0.05) is 22.0 Å². The van der Waals surface area contributed by atoms with E-state index < -0.39 is 0 Å². The number of aromatic nitrogens is 2. The second kappa shape index (κ2) is 5.37. The first-order valence-electron chi connectivity index (χ1n) is 7.17. The van der Waals surface area contributed by atoms with E-state index in [4.69, 9.17) is 11.5 Å². The number of fused-ring (bicyclic) bond motifs is 2. The average molecular weight is 318 g/mol. The molecule has 0 saturated carbocycles. The third-order valence-corrected chi connectivity index (χ3v) is 4.85. The average Bonchev–Trinajstić information content (AvgIpc) is 2.99. The Hall–Kier alpha value is -2.92. The molecule has 2 aromatic carbocycles. The second-order valence-corrected chi connectivity index (χ2v) is 6.13. The molecule has 2 aromatic heterocycles. The predicted octanol–water partition coefficient (Wildman–Crippen LogP) is 4.18. The van der Waals surface area contributed by atoms with Crippen LogP contribution in [0, 0.1) is 0 Å². The number of anilines is 2. The highest BCUT2D eigenvalue weighted by molar-refractivity contribution is 7.18. The molecule has 23 heavy (non-hydrogen) atoms. The van der Waals surface area contributed by atoms with Crippen molar-refractivity contribution in [1.82, 2.24) is 9.97 Å². The van der Waals surface area contributed by atoms with Crippen LogP contribution in [-0.4, -0.2) is 9.97 Å². The molecule has 0 aliphatic rings. The highest BCUT2D eigenvalue weighted by Crippen LogP contribution is 2.30. The van der Waals surface area contributed by atoms with E-state index in [1.165, 1.54) is 6.33 Å². The largest absolute Gasteiger partial charge is 0.398 e. The Balaban J connectivity index is 1.82. The van der Waals surface area contributed by atoms with E-state index in [2.05, 4.69) is 28.2 Å². The fraction of sp³-hybridized carbons (Fsp3) is 0.